The molecule has 1 amide bonds. The fraction of sp³-hybridized carbons (Fsp3) is 0.174. The van der Waals surface area contributed by atoms with Crippen molar-refractivity contribution >= 4 is 40.6 Å². The highest BCUT2D eigenvalue weighted by Gasteiger charge is 2.17. The maximum atomic E-state index is 12.6. The van der Waals surface area contributed by atoms with E-state index in [0.29, 0.717) is 28.3 Å². The fourth-order valence-electron chi connectivity index (χ4n) is 3.76. The Labute approximate surface area is 184 Å². The summed E-state index contributed by atoms with van der Waals surface area (Å²) in [5.41, 5.74) is 4.18. The van der Waals surface area contributed by atoms with Crippen LogP contribution in [0.15, 0.2) is 71.3 Å². The maximum absolute atomic E-state index is 12.6. The van der Waals surface area contributed by atoms with Gasteiger partial charge in [-0.1, -0.05) is 23.8 Å². The number of halogens is 1. The van der Waals surface area contributed by atoms with Crippen molar-refractivity contribution in [1.82, 2.24) is 9.97 Å². The average Bonchev–Trinajstić information content (AvgIpc) is 3.31. The molecule has 0 saturated carbocycles. The first kappa shape index (κ1) is 19.4. The Balaban J connectivity index is 1.51. The molecule has 8 heteroatoms. The molecule has 7 nitrogen and oxygen atoms in total. The van der Waals surface area contributed by atoms with E-state index in [1.54, 1.807) is 12.3 Å². The van der Waals surface area contributed by atoms with E-state index in [1.165, 1.54) is 12.5 Å². The molecule has 6 bridgehead atoms. The fourth-order valence-corrected chi connectivity index (χ4v) is 3.90. The first-order chi connectivity index (χ1) is 15.1. The van der Waals surface area contributed by atoms with Gasteiger partial charge in [0.25, 0.3) is 5.91 Å². The normalized spacial score (nSPS) is 17.2. The first-order valence-electron chi connectivity index (χ1n) is 10.0. The minimum absolute atomic E-state index is 0.205. The van der Waals surface area contributed by atoms with Crippen LogP contribution in [-0.2, 0) is 6.42 Å². The molecule has 1 unspecified atom stereocenters. The van der Waals surface area contributed by atoms with Crippen LogP contribution in [0.3, 0.4) is 0 Å². The summed E-state index contributed by atoms with van der Waals surface area (Å²) < 4.78 is 5.03. The van der Waals surface area contributed by atoms with Gasteiger partial charge in [-0.25, -0.2) is 4.98 Å². The largest absolute Gasteiger partial charge is 0.472 e. The zero-order valence-corrected chi connectivity index (χ0v) is 17.3. The topological polar surface area (TPSA) is 92.1 Å². The Morgan fingerprint density at radius 2 is 2.19 bits per heavy atom. The predicted molar refractivity (Wildman–Crippen MR) is 121 cm³/mol. The van der Waals surface area contributed by atoms with Crippen LogP contribution < -0.4 is 16.0 Å². The number of nitrogens with one attached hydrogen (secondary N) is 3. The van der Waals surface area contributed by atoms with Gasteiger partial charge >= 0.3 is 0 Å². The first-order valence-corrected chi connectivity index (χ1v) is 10.4. The number of aromatic nitrogens is 2. The van der Waals surface area contributed by atoms with E-state index in [2.05, 4.69) is 38.1 Å². The number of hydrogen-bond donors (Lipinski definition) is 3. The van der Waals surface area contributed by atoms with Crippen molar-refractivity contribution in [1.29, 1.82) is 0 Å². The van der Waals surface area contributed by atoms with E-state index in [4.69, 9.17) is 16.0 Å². The molecule has 0 fully saturated rings. The van der Waals surface area contributed by atoms with E-state index in [9.17, 15) is 4.79 Å². The van der Waals surface area contributed by atoms with Crippen LogP contribution in [0, 0.1) is 5.92 Å². The lowest BCUT2D eigenvalue weighted by Crippen LogP contribution is -2.13. The van der Waals surface area contributed by atoms with Crippen molar-refractivity contribution in [2.45, 2.75) is 19.3 Å². The molecule has 1 aromatic carbocycles. The van der Waals surface area contributed by atoms with Crippen LogP contribution in [0.2, 0.25) is 5.02 Å². The lowest BCUT2D eigenvalue weighted by molar-refractivity contribution is 0.102. The minimum atomic E-state index is -0.205. The van der Waals surface area contributed by atoms with Crippen LogP contribution in [0.25, 0.3) is 0 Å². The second-order valence-electron chi connectivity index (χ2n) is 7.56. The van der Waals surface area contributed by atoms with E-state index in [-0.39, 0.29) is 5.91 Å². The number of rotatable bonds is 2. The molecule has 2 aliphatic rings. The summed E-state index contributed by atoms with van der Waals surface area (Å²) in [6, 6.07) is 7.45. The summed E-state index contributed by atoms with van der Waals surface area (Å²) in [6.45, 7) is 0. The van der Waals surface area contributed by atoms with Gasteiger partial charge in [0.1, 0.15) is 11.3 Å². The van der Waals surface area contributed by atoms with Gasteiger partial charge in [-0.3, -0.25) is 4.79 Å². The van der Waals surface area contributed by atoms with Gasteiger partial charge in [-0.2, -0.15) is 4.98 Å². The number of carbonyl (C=O) groups excluding carboxylic acids is 1. The lowest BCUT2D eigenvalue weighted by Gasteiger charge is -2.19. The van der Waals surface area contributed by atoms with Crippen LogP contribution in [0.4, 0.5) is 23.1 Å². The van der Waals surface area contributed by atoms with Crippen molar-refractivity contribution in [3.8, 4) is 0 Å². The zero-order chi connectivity index (χ0) is 21.2. The monoisotopic (exact) mass is 433 g/mol. The average molecular weight is 434 g/mol. The second kappa shape index (κ2) is 8.28. The molecule has 0 spiro atoms. The van der Waals surface area contributed by atoms with Crippen molar-refractivity contribution < 1.29 is 9.21 Å². The number of fused-ring (bicyclic) bond motifs is 6. The Kier molecular flexibility index (Phi) is 5.18. The third kappa shape index (κ3) is 4.32. The number of aryl methyl sites for hydroxylation is 1. The van der Waals surface area contributed by atoms with Crippen LogP contribution in [0.5, 0.6) is 0 Å². The van der Waals surface area contributed by atoms with Crippen LogP contribution in [-0.4, -0.2) is 15.9 Å². The van der Waals surface area contributed by atoms with Crippen molar-refractivity contribution in [2.24, 2.45) is 5.92 Å². The second-order valence-corrected chi connectivity index (χ2v) is 7.97. The van der Waals surface area contributed by atoms with Gasteiger partial charge in [-0.15, -0.1) is 0 Å². The molecule has 3 heterocycles. The molecular formula is C23H20ClN5O2. The Morgan fingerprint density at radius 1 is 1.26 bits per heavy atom. The molecule has 3 N–H and O–H groups in total. The number of anilines is 4. The summed E-state index contributed by atoms with van der Waals surface area (Å²) in [7, 11) is 0. The number of allylic oxidation sites excluding steroid dienone is 4. The highest BCUT2D eigenvalue weighted by Crippen LogP contribution is 2.31. The number of amides is 1. The summed E-state index contributed by atoms with van der Waals surface area (Å²) in [6.07, 6.45) is 13.4. The van der Waals surface area contributed by atoms with Crippen LogP contribution in [0.1, 0.15) is 28.8 Å². The number of benzene rings is 1. The summed E-state index contributed by atoms with van der Waals surface area (Å²) >= 11 is 6.32. The molecule has 5 rings (SSSR count). The minimum Gasteiger partial charge on any atom is -0.472 e. The van der Waals surface area contributed by atoms with Gasteiger partial charge in [0.15, 0.2) is 5.82 Å². The third-order valence-corrected chi connectivity index (χ3v) is 5.64. The predicted octanol–water partition coefficient (Wildman–Crippen LogP) is 5.54. The molecule has 1 aliphatic heterocycles. The SMILES string of the molecule is O=C(Nc1ccc2cc1CCC1C=CC=C(C1)Nc1ncc(Cl)c(n1)N2)c1ccoc1. The van der Waals surface area contributed by atoms with Gasteiger partial charge in [0.2, 0.25) is 5.95 Å². The summed E-state index contributed by atoms with van der Waals surface area (Å²) in [5.74, 6) is 1.18. The van der Waals surface area contributed by atoms with E-state index in [1.807, 2.05) is 24.3 Å². The molecule has 1 aliphatic carbocycles. The van der Waals surface area contributed by atoms with Gasteiger partial charge in [0, 0.05) is 17.1 Å². The molecule has 156 valence electrons. The Bertz CT molecular complexity index is 1190. The van der Waals surface area contributed by atoms with E-state index in [0.717, 1.165) is 41.9 Å². The Morgan fingerprint density at radius 3 is 3.06 bits per heavy atom. The quantitative estimate of drug-likeness (QED) is 0.491. The number of hydrogen-bond acceptors (Lipinski definition) is 6. The summed E-state index contributed by atoms with van der Waals surface area (Å²) in [4.78, 5) is 21.4. The molecule has 0 saturated heterocycles. The van der Waals surface area contributed by atoms with Gasteiger partial charge in [0.05, 0.1) is 18.0 Å². The van der Waals surface area contributed by atoms with E-state index >= 15 is 0 Å². The van der Waals surface area contributed by atoms with Crippen molar-refractivity contribution in [2.75, 3.05) is 16.0 Å². The molecule has 1 atom stereocenters. The zero-order valence-electron chi connectivity index (χ0n) is 16.6. The molecule has 3 aromatic rings. The Hall–Kier alpha value is -3.58. The van der Waals surface area contributed by atoms with Crippen molar-refractivity contribution in [3.05, 3.63) is 83.1 Å². The number of nitrogens with zero attached hydrogens (tertiary/aromatic N) is 2. The highest BCUT2D eigenvalue weighted by atomic mass is 35.5. The maximum Gasteiger partial charge on any atom is 0.258 e. The van der Waals surface area contributed by atoms with E-state index < -0.39 is 0 Å². The smallest absolute Gasteiger partial charge is 0.258 e. The van der Waals surface area contributed by atoms with Crippen molar-refractivity contribution in [3.63, 3.8) is 0 Å². The number of carbonyl (C=O) groups is 1. The molecule has 31 heavy (non-hydrogen) atoms. The number of furan rings is 1. The molecular weight excluding hydrogens is 414 g/mol. The summed E-state index contributed by atoms with van der Waals surface area (Å²) in [5, 5.41) is 10.00. The van der Waals surface area contributed by atoms with Crippen LogP contribution >= 0.6 is 11.6 Å². The molecule has 0 radical (unpaired) electrons. The highest BCUT2D eigenvalue weighted by molar-refractivity contribution is 6.32. The van der Waals surface area contributed by atoms with Gasteiger partial charge < -0.3 is 20.4 Å². The molecule has 2 aromatic heterocycles. The van der Waals surface area contributed by atoms with Gasteiger partial charge in [-0.05, 0) is 61.1 Å². The third-order valence-electron chi connectivity index (χ3n) is 5.36. The standard InChI is InChI=1S/C23H20ClN5O2/c24-19-12-25-23-27-17-3-1-2-14(10-17)4-5-15-11-18(26-21(19)29-23)6-7-20(15)28-22(30)16-8-9-31-13-16/h1-3,6-9,11-14H,4-5,10H2,(H,28,30)(H2,25,26,27,29). The lowest BCUT2D eigenvalue weighted by atomic mass is 9.91.